The molecule has 0 radical (unpaired) electrons. The minimum atomic E-state index is -1.15. The number of urea groups is 1. The van der Waals surface area contributed by atoms with Crippen LogP contribution < -0.4 is 10.6 Å². The molecule has 0 unspecified atom stereocenters. The van der Waals surface area contributed by atoms with E-state index in [4.69, 9.17) is 10.2 Å². The summed E-state index contributed by atoms with van der Waals surface area (Å²) < 4.78 is 0. The number of carboxylic acid groups (broad SMARTS) is 2. The molecule has 0 saturated heterocycles. The molecule has 0 aromatic carbocycles. The molecule has 0 bridgehead atoms. The minimum absolute atomic E-state index is 0.102. The molecule has 1 aliphatic carbocycles. The van der Waals surface area contributed by atoms with Crippen molar-refractivity contribution in [1.29, 1.82) is 0 Å². The second-order valence-corrected chi connectivity index (χ2v) is 4.47. The summed E-state index contributed by atoms with van der Waals surface area (Å²) in [5, 5.41) is 22.3. The van der Waals surface area contributed by atoms with Crippen molar-refractivity contribution < 1.29 is 24.6 Å². The molecule has 1 fully saturated rings. The fourth-order valence-electron chi connectivity index (χ4n) is 1.48. The fourth-order valence-corrected chi connectivity index (χ4v) is 1.48. The zero-order chi connectivity index (χ0) is 13.5. The van der Waals surface area contributed by atoms with E-state index in [1.54, 1.807) is 0 Å². The van der Waals surface area contributed by atoms with E-state index in [0.717, 1.165) is 12.8 Å². The number of rotatable bonds is 8. The van der Waals surface area contributed by atoms with Crippen molar-refractivity contribution in [2.45, 2.75) is 38.1 Å². The summed E-state index contributed by atoms with van der Waals surface area (Å²) in [6.45, 7) is 0.563. The SMILES string of the molecule is O=C(O)CCC[C@@H](NC(=O)NCC1CC1)C(=O)O. The van der Waals surface area contributed by atoms with Gasteiger partial charge in [-0.3, -0.25) is 4.79 Å². The Labute approximate surface area is 105 Å². The second-order valence-electron chi connectivity index (χ2n) is 4.47. The molecule has 1 saturated carbocycles. The number of hydrogen-bond acceptors (Lipinski definition) is 3. The van der Waals surface area contributed by atoms with Gasteiger partial charge in [-0.25, -0.2) is 9.59 Å². The van der Waals surface area contributed by atoms with Crippen molar-refractivity contribution in [2.75, 3.05) is 6.54 Å². The van der Waals surface area contributed by atoms with Gasteiger partial charge in [0.15, 0.2) is 0 Å². The van der Waals surface area contributed by atoms with Gasteiger partial charge in [0.05, 0.1) is 0 Å². The maximum atomic E-state index is 11.4. The standard InChI is InChI=1S/C11H18N2O5/c14-9(15)3-1-2-8(10(16)17)13-11(18)12-6-7-4-5-7/h7-8H,1-6H2,(H,14,15)(H,16,17)(H2,12,13,18)/t8-/m1/s1. The van der Waals surface area contributed by atoms with Crippen molar-refractivity contribution in [3.8, 4) is 0 Å². The Hall–Kier alpha value is -1.79. The first kappa shape index (κ1) is 14.3. The maximum absolute atomic E-state index is 11.4. The van der Waals surface area contributed by atoms with E-state index in [-0.39, 0.29) is 19.3 Å². The molecule has 0 spiro atoms. The minimum Gasteiger partial charge on any atom is -0.481 e. The molecular formula is C11H18N2O5. The third kappa shape index (κ3) is 6.07. The van der Waals surface area contributed by atoms with Crippen LogP contribution in [0.25, 0.3) is 0 Å². The number of hydrogen-bond donors (Lipinski definition) is 4. The molecule has 18 heavy (non-hydrogen) atoms. The molecule has 7 nitrogen and oxygen atoms in total. The van der Waals surface area contributed by atoms with Gasteiger partial charge in [0.1, 0.15) is 6.04 Å². The predicted octanol–water partition coefficient (Wildman–Crippen LogP) is 0.404. The molecule has 0 aliphatic heterocycles. The third-order valence-corrected chi connectivity index (χ3v) is 2.74. The number of aliphatic carboxylic acids is 2. The zero-order valence-corrected chi connectivity index (χ0v) is 10.0. The van der Waals surface area contributed by atoms with Gasteiger partial charge in [-0.15, -0.1) is 0 Å². The van der Waals surface area contributed by atoms with Gasteiger partial charge in [-0.1, -0.05) is 0 Å². The topological polar surface area (TPSA) is 116 Å². The quantitative estimate of drug-likeness (QED) is 0.503. The van der Waals surface area contributed by atoms with E-state index in [2.05, 4.69) is 10.6 Å². The Balaban J connectivity index is 2.24. The van der Waals surface area contributed by atoms with Crippen LogP contribution in [0.1, 0.15) is 32.1 Å². The van der Waals surface area contributed by atoms with Gasteiger partial charge in [-0.2, -0.15) is 0 Å². The summed E-state index contributed by atoms with van der Waals surface area (Å²) in [6, 6.07) is -1.55. The van der Waals surface area contributed by atoms with Crippen LogP contribution in [0.15, 0.2) is 0 Å². The fraction of sp³-hybridized carbons (Fsp3) is 0.727. The number of carbonyl (C=O) groups is 3. The van der Waals surface area contributed by atoms with E-state index < -0.39 is 24.0 Å². The van der Waals surface area contributed by atoms with E-state index in [1.807, 2.05) is 0 Å². The molecule has 1 rings (SSSR count). The summed E-state index contributed by atoms with van der Waals surface area (Å²) in [7, 11) is 0. The molecule has 4 N–H and O–H groups in total. The van der Waals surface area contributed by atoms with Crippen molar-refractivity contribution in [3.05, 3.63) is 0 Å². The molecular weight excluding hydrogens is 240 g/mol. The Morgan fingerprint density at radius 2 is 1.89 bits per heavy atom. The van der Waals surface area contributed by atoms with E-state index in [9.17, 15) is 14.4 Å². The second kappa shape index (κ2) is 6.83. The van der Waals surface area contributed by atoms with Gasteiger partial charge < -0.3 is 20.8 Å². The Bertz CT molecular complexity index is 327. The lowest BCUT2D eigenvalue weighted by Gasteiger charge is -2.14. The van der Waals surface area contributed by atoms with Crippen molar-refractivity contribution in [3.63, 3.8) is 0 Å². The van der Waals surface area contributed by atoms with Crippen LogP contribution in [-0.2, 0) is 9.59 Å². The maximum Gasteiger partial charge on any atom is 0.326 e. The Morgan fingerprint density at radius 3 is 2.39 bits per heavy atom. The van der Waals surface area contributed by atoms with Crippen molar-refractivity contribution in [2.24, 2.45) is 5.92 Å². The zero-order valence-electron chi connectivity index (χ0n) is 10.0. The molecule has 0 heterocycles. The van der Waals surface area contributed by atoms with Crippen LogP contribution in [0.4, 0.5) is 4.79 Å². The van der Waals surface area contributed by atoms with Crippen LogP contribution in [0.2, 0.25) is 0 Å². The lowest BCUT2D eigenvalue weighted by atomic mass is 10.1. The van der Waals surface area contributed by atoms with E-state index >= 15 is 0 Å². The highest BCUT2D eigenvalue weighted by atomic mass is 16.4. The van der Waals surface area contributed by atoms with Crippen LogP contribution >= 0.6 is 0 Å². The van der Waals surface area contributed by atoms with Gasteiger partial charge >= 0.3 is 18.0 Å². The molecule has 0 aromatic heterocycles. The predicted molar refractivity (Wildman–Crippen MR) is 62.2 cm³/mol. The highest BCUT2D eigenvalue weighted by Crippen LogP contribution is 2.27. The normalized spacial score (nSPS) is 15.8. The number of amides is 2. The largest absolute Gasteiger partial charge is 0.481 e. The third-order valence-electron chi connectivity index (χ3n) is 2.74. The van der Waals surface area contributed by atoms with Gasteiger partial charge in [0, 0.05) is 13.0 Å². The summed E-state index contributed by atoms with van der Waals surface area (Å²) >= 11 is 0. The van der Waals surface area contributed by atoms with Gasteiger partial charge in [-0.05, 0) is 31.6 Å². The number of carboxylic acids is 2. The van der Waals surface area contributed by atoms with E-state index in [1.165, 1.54) is 0 Å². The van der Waals surface area contributed by atoms with Crippen LogP contribution in [0.3, 0.4) is 0 Å². The molecule has 2 amide bonds. The lowest BCUT2D eigenvalue weighted by molar-refractivity contribution is -0.140. The summed E-state index contributed by atoms with van der Waals surface area (Å²) in [4.78, 5) is 32.6. The molecule has 0 aromatic rings. The summed E-state index contributed by atoms with van der Waals surface area (Å²) in [5.41, 5.74) is 0. The Kier molecular flexibility index (Phi) is 5.41. The van der Waals surface area contributed by atoms with Crippen molar-refractivity contribution in [1.82, 2.24) is 10.6 Å². The summed E-state index contributed by atoms with van der Waals surface area (Å²) in [5.74, 6) is -1.61. The first-order chi connectivity index (χ1) is 8.49. The highest BCUT2D eigenvalue weighted by Gasteiger charge is 2.23. The molecule has 1 aliphatic rings. The molecule has 7 heteroatoms. The lowest BCUT2D eigenvalue weighted by Crippen LogP contribution is -2.46. The van der Waals surface area contributed by atoms with Crippen LogP contribution in [-0.4, -0.2) is 40.8 Å². The highest BCUT2D eigenvalue weighted by molar-refractivity contribution is 5.82. The summed E-state index contributed by atoms with van der Waals surface area (Å²) in [6.07, 6.45) is 2.42. The van der Waals surface area contributed by atoms with Crippen LogP contribution in [0.5, 0.6) is 0 Å². The number of nitrogens with one attached hydrogen (secondary N) is 2. The average Bonchev–Trinajstić information content (AvgIpc) is 3.08. The Morgan fingerprint density at radius 1 is 1.22 bits per heavy atom. The van der Waals surface area contributed by atoms with Gasteiger partial charge in [0.2, 0.25) is 0 Å². The first-order valence-electron chi connectivity index (χ1n) is 5.98. The first-order valence-corrected chi connectivity index (χ1v) is 5.98. The van der Waals surface area contributed by atoms with Crippen LogP contribution in [0, 0.1) is 5.92 Å². The molecule has 102 valence electrons. The average molecular weight is 258 g/mol. The smallest absolute Gasteiger partial charge is 0.326 e. The number of carbonyl (C=O) groups excluding carboxylic acids is 1. The monoisotopic (exact) mass is 258 g/mol. The molecule has 1 atom stereocenters. The van der Waals surface area contributed by atoms with Crippen molar-refractivity contribution >= 4 is 18.0 Å². The van der Waals surface area contributed by atoms with Gasteiger partial charge in [0.25, 0.3) is 0 Å². The van der Waals surface area contributed by atoms with E-state index in [0.29, 0.717) is 12.5 Å².